The minimum absolute atomic E-state index is 0.125. The van der Waals surface area contributed by atoms with Gasteiger partial charge < -0.3 is 11.1 Å². The van der Waals surface area contributed by atoms with Crippen LogP contribution in [0, 0.1) is 6.92 Å². The average molecular weight is 248 g/mol. The summed E-state index contributed by atoms with van der Waals surface area (Å²) in [6.07, 6.45) is 3.27. The molecule has 0 bridgehead atoms. The number of hydrogen-bond acceptors (Lipinski definition) is 2. The molecule has 1 aromatic rings. The molecule has 1 atom stereocenters. The largest absolute Gasteiger partial charge is 0.356 e. The van der Waals surface area contributed by atoms with Gasteiger partial charge in [-0.15, -0.1) is 0 Å². The quantitative estimate of drug-likeness (QED) is 0.727. The van der Waals surface area contributed by atoms with E-state index in [0.29, 0.717) is 6.42 Å². The molecule has 1 unspecified atom stereocenters. The Kier molecular flexibility index (Phi) is 6.44. The zero-order valence-electron chi connectivity index (χ0n) is 11.4. The van der Waals surface area contributed by atoms with Crippen molar-refractivity contribution in [3.05, 3.63) is 35.4 Å². The molecule has 1 amide bonds. The van der Waals surface area contributed by atoms with Crippen molar-refractivity contribution in [3.8, 4) is 0 Å². The van der Waals surface area contributed by atoms with E-state index in [1.165, 1.54) is 11.1 Å². The van der Waals surface area contributed by atoms with Crippen LogP contribution in [0.2, 0.25) is 0 Å². The Morgan fingerprint density at radius 2 is 2.00 bits per heavy atom. The number of nitrogens with one attached hydrogen (secondary N) is 1. The molecule has 1 aromatic carbocycles. The molecule has 3 N–H and O–H groups in total. The summed E-state index contributed by atoms with van der Waals surface area (Å²) in [5, 5.41) is 2.93. The van der Waals surface area contributed by atoms with Gasteiger partial charge in [0.1, 0.15) is 0 Å². The van der Waals surface area contributed by atoms with Crippen molar-refractivity contribution in [2.45, 2.75) is 45.6 Å². The first-order valence-electron chi connectivity index (χ1n) is 6.66. The second kappa shape index (κ2) is 7.88. The lowest BCUT2D eigenvalue weighted by molar-refractivity contribution is -0.121. The van der Waals surface area contributed by atoms with Crippen LogP contribution in [0.15, 0.2) is 24.3 Å². The minimum atomic E-state index is 0.125. The van der Waals surface area contributed by atoms with E-state index < -0.39 is 0 Å². The molecule has 3 nitrogen and oxygen atoms in total. The highest BCUT2D eigenvalue weighted by Gasteiger charge is 2.02. The van der Waals surface area contributed by atoms with Crippen LogP contribution >= 0.6 is 0 Å². The van der Waals surface area contributed by atoms with Crippen molar-refractivity contribution < 1.29 is 4.79 Å². The van der Waals surface area contributed by atoms with Gasteiger partial charge in [0.2, 0.25) is 5.91 Å². The van der Waals surface area contributed by atoms with Crippen molar-refractivity contribution in [1.82, 2.24) is 5.32 Å². The molecule has 0 aliphatic carbocycles. The predicted octanol–water partition coefficient (Wildman–Crippen LogP) is 2.17. The number of rotatable bonds is 7. The maximum absolute atomic E-state index is 11.6. The molecule has 0 spiro atoms. The van der Waals surface area contributed by atoms with Gasteiger partial charge in [-0.2, -0.15) is 0 Å². The third kappa shape index (κ3) is 6.40. The summed E-state index contributed by atoms with van der Waals surface area (Å²) >= 11 is 0. The van der Waals surface area contributed by atoms with Crippen molar-refractivity contribution in [2.75, 3.05) is 6.54 Å². The fourth-order valence-corrected chi connectivity index (χ4v) is 1.75. The molecule has 1 rings (SSSR count). The van der Waals surface area contributed by atoms with E-state index in [9.17, 15) is 4.79 Å². The molecule has 0 aliphatic heterocycles. The highest BCUT2D eigenvalue weighted by Crippen LogP contribution is 2.05. The molecule has 0 aliphatic rings. The molecule has 0 saturated heterocycles. The number of hydrogen-bond donors (Lipinski definition) is 2. The maximum Gasteiger partial charge on any atom is 0.220 e. The first kappa shape index (κ1) is 14.7. The lowest BCUT2D eigenvalue weighted by atomic mass is 10.1. The number of benzene rings is 1. The maximum atomic E-state index is 11.6. The Morgan fingerprint density at radius 3 is 2.61 bits per heavy atom. The van der Waals surface area contributed by atoms with Gasteiger partial charge in [0.25, 0.3) is 0 Å². The van der Waals surface area contributed by atoms with Gasteiger partial charge in [-0.25, -0.2) is 0 Å². The van der Waals surface area contributed by atoms with Crippen LogP contribution in [0.25, 0.3) is 0 Å². The van der Waals surface area contributed by atoms with E-state index in [-0.39, 0.29) is 11.9 Å². The van der Waals surface area contributed by atoms with Crippen LogP contribution in [-0.4, -0.2) is 18.5 Å². The fourth-order valence-electron chi connectivity index (χ4n) is 1.75. The Morgan fingerprint density at radius 1 is 1.33 bits per heavy atom. The summed E-state index contributed by atoms with van der Waals surface area (Å²) < 4.78 is 0. The van der Waals surface area contributed by atoms with Gasteiger partial charge in [0.05, 0.1) is 0 Å². The number of amides is 1. The van der Waals surface area contributed by atoms with Gasteiger partial charge in [0, 0.05) is 19.0 Å². The van der Waals surface area contributed by atoms with Gasteiger partial charge in [-0.05, 0) is 38.7 Å². The predicted molar refractivity (Wildman–Crippen MR) is 75.4 cm³/mol. The number of nitrogens with two attached hydrogens (primary N) is 1. The summed E-state index contributed by atoms with van der Waals surface area (Å²) in [5.41, 5.74) is 8.11. The standard InChI is InChI=1S/C15H24N2O/c1-12-5-7-14(8-6-12)9-10-15(18)17-11-3-4-13(2)16/h5-8,13H,3-4,9-11,16H2,1-2H3,(H,17,18). The third-order valence-corrected chi connectivity index (χ3v) is 2.92. The lowest BCUT2D eigenvalue weighted by Gasteiger charge is -2.07. The molecule has 100 valence electrons. The van der Waals surface area contributed by atoms with Crippen molar-refractivity contribution >= 4 is 5.91 Å². The molecule has 0 radical (unpaired) electrons. The van der Waals surface area contributed by atoms with Gasteiger partial charge in [-0.1, -0.05) is 29.8 Å². The third-order valence-electron chi connectivity index (χ3n) is 2.92. The summed E-state index contributed by atoms with van der Waals surface area (Å²) in [6, 6.07) is 8.54. The Bertz CT molecular complexity index is 357. The highest BCUT2D eigenvalue weighted by atomic mass is 16.1. The monoisotopic (exact) mass is 248 g/mol. The zero-order valence-corrected chi connectivity index (χ0v) is 11.4. The van der Waals surface area contributed by atoms with Crippen LogP contribution in [0.4, 0.5) is 0 Å². The van der Waals surface area contributed by atoms with Crippen molar-refractivity contribution in [2.24, 2.45) is 5.73 Å². The first-order valence-corrected chi connectivity index (χ1v) is 6.66. The first-order chi connectivity index (χ1) is 8.58. The van der Waals surface area contributed by atoms with Gasteiger partial charge in [0.15, 0.2) is 0 Å². The summed E-state index contributed by atoms with van der Waals surface area (Å²) in [7, 11) is 0. The molecule has 18 heavy (non-hydrogen) atoms. The summed E-state index contributed by atoms with van der Waals surface area (Å²) in [6.45, 7) is 4.78. The van der Waals surface area contributed by atoms with Gasteiger partial charge >= 0.3 is 0 Å². The number of aryl methyl sites for hydroxylation is 2. The van der Waals surface area contributed by atoms with E-state index in [2.05, 4.69) is 36.5 Å². The average Bonchev–Trinajstić information content (AvgIpc) is 2.34. The molecular weight excluding hydrogens is 224 g/mol. The van der Waals surface area contributed by atoms with Crippen LogP contribution < -0.4 is 11.1 Å². The second-order valence-electron chi connectivity index (χ2n) is 4.96. The zero-order chi connectivity index (χ0) is 13.4. The molecule has 0 aromatic heterocycles. The summed E-state index contributed by atoms with van der Waals surface area (Å²) in [5.74, 6) is 0.125. The Hall–Kier alpha value is -1.35. The van der Waals surface area contributed by atoms with Crippen LogP contribution in [0.5, 0.6) is 0 Å². The topological polar surface area (TPSA) is 55.1 Å². The lowest BCUT2D eigenvalue weighted by Crippen LogP contribution is -2.26. The van der Waals surface area contributed by atoms with E-state index in [0.717, 1.165) is 25.8 Å². The smallest absolute Gasteiger partial charge is 0.220 e. The van der Waals surface area contributed by atoms with Crippen molar-refractivity contribution in [1.29, 1.82) is 0 Å². The van der Waals surface area contributed by atoms with E-state index in [1.54, 1.807) is 0 Å². The van der Waals surface area contributed by atoms with Crippen LogP contribution in [0.1, 0.15) is 37.3 Å². The second-order valence-corrected chi connectivity index (χ2v) is 4.96. The van der Waals surface area contributed by atoms with E-state index in [4.69, 9.17) is 5.73 Å². The van der Waals surface area contributed by atoms with Crippen LogP contribution in [0.3, 0.4) is 0 Å². The van der Waals surface area contributed by atoms with Crippen LogP contribution in [-0.2, 0) is 11.2 Å². The normalized spacial score (nSPS) is 12.2. The van der Waals surface area contributed by atoms with E-state index in [1.807, 2.05) is 6.92 Å². The highest BCUT2D eigenvalue weighted by molar-refractivity contribution is 5.76. The number of carbonyl (C=O) groups excluding carboxylic acids is 1. The van der Waals surface area contributed by atoms with Gasteiger partial charge in [-0.3, -0.25) is 4.79 Å². The summed E-state index contributed by atoms with van der Waals surface area (Å²) in [4.78, 5) is 11.6. The Labute approximate surface area is 110 Å². The Balaban J connectivity index is 2.15. The minimum Gasteiger partial charge on any atom is -0.356 e. The molecule has 0 heterocycles. The van der Waals surface area contributed by atoms with E-state index >= 15 is 0 Å². The van der Waals surface area contributed by atoms with Crippen molar-refractivity contribution in [3.63, 3.8) is 0 Å². The molecule has 0 fully saturated rings. The molecule has 0 saturated carbocycles. The molecular formula is C15H24N2O. The fraction of sp³-hybridized carbons (Fsp3) is 0.533. The molecule has 3 heteroatoms. The SMILES string of the molecule is Cc1ccc(CCC(=O)NCCCC(C)N)cc1. The number of carbonyl (C=O) groups is 1.